The van der Waals surface area contributed by atoms with Crippen molar-refractivity contribution in [1.82, 2.24) is 9.71 Å². The van der Waals surface area contributed by atoms with Gasteiger partial charge in [-0.3, -0.25) is 0 Å². The normalized spacial score (nSPS) is 11.3. The van der Waals surface area contributed by atoms with Crippen LogP contribution in [0.2, 0.25) is 5.02 Å². The lowest BCUT2D eigenvalue weighted by molar-refractivity contribution is 0.578. The number of benzene rings is 1. The molecule has 0 aliphatic carbocycles. The second-order valence-corrected chi connectivity index (χ2v) is 6.18. The number of aromatic nitrogens is 1. The molecule has 1 heterocycles. The highest BCUT2D eigenvalue weighted by Crippen LogP contribution is 2.17. The topological polar surface area (TPSA) is 71.1 Å². The monoisotopic (exact) mass is 311 g/mol. The van der Waals surface area contributed by atoms with E-state index in [1.165, 1.54) is 6.20 Å². The summed E-state index contributed by atoms with van der Waals surface area (Å²) in [6, 6.07) is 10.3. The first-order valence-corrected chi connectivity index (χ1v) is 7.76. The summed E-state index contributed by atoms with van der Waals surface area (Å²) < 4.78 is 26.9. The van der Waals surface area contributed by atoms with Gasteiger partial charge in [-0.1, -0.05) is 23.7 Å². The number of rotatable bonds is 5. The van der Waals surface area contributed by atoms with E-state index in [2.05, 4.69) is 15.0 Å². The SMILES string of the molecule is CNc1cccnc1S(=O)(=O)NCc1ccc(Cl)cc1. The van der Waals surface area contributed by atoms with Gasteiger partial charge in [0, 0.05) is 24.8 Å². The fraction of sp³-hybridized carbons (Fsp3) is 0.154. The zero-order chi connectivity index (χ0) is 14.6. The Bertz CT molecular complexity index is 687. The minimum absolute atomic E-state index is 0.0172. The second kappa shape index (κ2) is 6.21. The number of pyridine rings is 1. The number of anilines is 1. The molecule has 0 aliphatic rings. The van der Waals surface area contributed by atoms with Crippen molar-refractivity contribution in [2.45, 2.75) is 11.6 Å². The highest BCUT2D eigenvalue weighted by atomic mass is 35.5. The molecule has 0 saturated carbocycles. The molecule has 0 atom stereocenters. The summed E-state index contributed by atoms with van der Waals surface area (Å²) in [7, 11) is -2.02. The molecule has 0 bridgehead atoms. The number of nitrogens with zero attached hydrogens (tertiary/aromatic N) is 1. The quantitative estimate of drug-likeness (QED) is 0.888. The highest BCUT2D eigenvalue weighted by Gasteiger charge is 2.19. The van der Waals surface area contributed by atoms with E-state index in [1.807, 2.05) is 0 Å². The summed E-state index contributed by atoms with van der Waals surface area (Å²) in [5.74, 6) is 0. The Morgan fingerprint density at radius 1 is 1.20 bits per heavy atom. The average molecular weight is 312 g/mol. The van der Waals surface area contributed by atoms with Gasteiger partial charge in [0.25, 0.3) is 10.0 Å². The van der Waals surface area contributed by atoms with Crippen LogP contribution in [0.25, 0.3) is 0 Å². The summed E-state index contributed by atoms with van der Waals surface area (Å²) in [5.41, 5.74) is 1.27. The van der Waals surface area contributed by atoms with Crippen molar-refractivity contribution in [2.24, 2.45) is 0 Å². The van der Waals surface area contributed by atoms with Crippen LogP contribution in [-0.2, 0) is 16.6 Å². The highest BCUT2D eigenvalue weighted by molar-refractivity contribution is 7.89. The van der Waals surface area contributed by atoms with Gasteiger partial charge in [0.2, 0.25) is 0 Å². The van der Waals surface area contributed by atoms with Crippen molar-refractivity contribution in [3.05, 3.63) is 53.2 Å². The smallest absolute Gasteiger partial charge is 0.260 e. The van der Waals surface area contributed by atoms with Crippen molar-refractivity contribution in [1.29, 1.82) is 0 Å². The Balaban J connectivity index is 2.17. The van der Waals surface area contributed by atoms with Crippen LogP contribution < -0.4 is 10.0 Å². The molecule has 0 spiro atoms. The Hall–Kier alpha value is -1.63. The van der Waals surface area contributed by atoms with E-state index in [0.717, 1.165) is 5.56 Å². The lowest BCUT2D eigenvalue weighted by Gasteiger charge is -2.10. The molecule has 1 aromatic heterocycles. The van der Waals surface area contributed by atoms with Crippen LogP contribution in [0.1, 0.15) is 5.56 Å². The van der Waals surface area contributed by atoms with Gasteiger partial charge in [-0.15, -0.1) is 0 Å². The van der Waals surface area contributed by atoms with Gasteiger partial charge >= 0.3 is 0 Å². The van der Waals surface area contributed by atoms with Crippen LogP contribution in [0, 0.1) is 0 Å². The molecule has 0 saturated heterocycles. The maximum Gasteiger partial charge on any atom is 0.260 e. The summed E-state index contributed by atoms with van der Waals surface area (Å²) >= 11 is 5.78. The molecule has 1 aromatic carbocycles. The van der Waals surface area contributed by atoms with E-state index in [9.17, 15) is 8.42 Å². The number of sulfonamides is 1. The third-order valence-corrected chi connectivity index (χ3v) is 4.29. The number of hydrogen-bond donors (Lipinski definition) is 2. The van der Waals surface area contributed by atoms with Crippen molar-refractivity contribution < 1.29 is 8.42 Å². The van der Waals surface area contributed by atoms with E-state index >= 15 is 0 Å². The molecule has 2 N–H and O–H groups in total. The van der Waals surface area contributed by atoms with Crippen LogP contribution in [0.15, 0.2) is 47.6 Å². The van der Waals surface area contributed by atoms with Crippen LogP contribution >= 0.6 is 11.6 Å². The van der Waals surface area contributed by atoms with Crippen molar-refractivity contribution >= 4 is 27.3 Å². The first-order valence-electron chi connectivity index (χ1n) is 5.90. The zero-order valence-corrected chi connectivity index (χ0v) is 12.4. The molecular formula is C13H14ClN3O2S. The predicted molar refractivity (Wildman–Crippen MR) is 79.3 cm³/mol. The molecule has 2 aromatic rings. The van der Waals surface area contributed by atoms with E-state index in [-0.39, 0.29) is 11.6 Å². The lowest BCUT2D eigenvalue weighted by Crippen LogP contribution is -2.25. The Labute approximate surface area is 123 Å². The van der Waals surface area contributed by atoms with E-state index in [4.69, 9.17) is 11.6 Å². The first kappa shape index (κ1) is 14.8. The molecule has 5 nitrogen and oxygen atoms in total. The molecule has 7 heteroatoms. The third-order valence-electron chi connectivity index (χ3n) is 2.67. The number of halogens is 1. The maximum absolute atomic E-state index is 12.2. The lowest BCUT2D eigenvalue weighted by atomic mass is 10.2. The molecule has 0 amide bonds. The van der Waals surface area contributed by atoms with E-state index in [1.54, 1.807) is 43.4 Å². The van der Waals surface area contributed by atoms with Gasteiger partial charge in [-0.2, -0.15) is 0 Å². The van der Waals surface area contributed by atoms with Crippen molar-refractivity contribution in [3.8, 4) is 0 Å². The molecule has 2 rings (SSSR count). The van der Waals surface area contributed by atoms with Gasteiger partial charge in [0.1, 0.15) is 0 Å². The van der Waals surface area contributed by atoms with E-state index in [0.29, 0.717) is 10.7 Å². The molecule has 0 fully saturated rings. The Morgan fingerprint density at radius 2 is 1.90 bits per heavy atom. The molecule has 106 valence electrons. The predicted octanol–water partition coefficient (Wildman–Crippen LogP) is 2.26. The maximum atomic E-state index is 12.2. The molecular weight excluding hydrogens is 298 g/mol. The molecule has 20 heavy (non-hydrogen) atoms. The largest absolute Gasteiger partial charge is 0.386 e. The van der Waals surface area contributed by atoms with Gasteiger partial charge < -0.3 is 5.32 Å². The minimum Gasteiger partial charge on any atom is -0.386 e. The Kier molecular flexibility index (Phi) is 4.59. The third kappa shape index (κ3) is 3.47. The van der Waals surface area contributed by atoms with Crippen LogP contribution in [-0.4, -0.2) is 20.4 Å². The zero-order valence-electron chi connectivity index (χ0n) is 10.8. The van der Waals surface area contributed by atoms with Crippen LogP contribution in [0.4, 0.5) is 5.69 Å². The second-order valence-electron chi connectivity index (χ2n) is 4.06. The number of nitrogens with one attached hydrogen (secondary N) is 2. The standard InChI is InChI=1S/C13H14ClN3O2S/c1-15-12-3-2-8-16-13(12)20(18,19)17-9-10-4-6-11(14)7-5-10/h2-8,15,17H,9H2,1H3. The summed E-state index contributed by atoms with van der Waals surface area (Å²) in [6.45, 7) is 0.180. The summed E-state index contributed by atoms with van der Waals surface area (Å²) in [4.78, 5) is 3.91. The van der Waals surface area contributed by atoms with Gasteiger partial charge in [0.05, 0.1) is 5.69 Å². The summed E-state index contributed by atoms with van der Waals surface area (Å²) in [6.07, 6.45) is 1.44. The Morgan fingerprint density at radius 3 is 2.55 bits per heavy atom. The summed E-state index contributed by atoms with van der Waals surface area (Å²) in [5, 5.41) is 3.40. The van der Waals surface area contributed by atoms with Crippen molar-refractivity contribution in [2.75, 3.05) is 12.4 Å². The molecule has 0 radical (unpaired) electrons. The number of hydrogen-bond acceptors (Lipinski definition) is 4. The van der Waals surface area contributed by atoms with Gasteiger partial charge in [-0.25, -0.2) is 18.1 Å². The fourth-order valence-electron chi connectivity index (χ4n) is 1.64. The first-order chi connectivity index (χ1) is 9.53. The van der Waals surface area contributed by atoms with E-state index < -0.39 is 10.0 Å². The molecule has 0 unspecified atom stereocenters. The van der Waals surface area contributed by atoms with Crippen LogP contribution in [0.5, 0.6) is 0 Å². The van der Waals surface area contributed by atoms with Gasteiger partial charge in [-0.05, 0) is 29.8 Å². The molecule has 0 aliphatic heterocycles. The van der Waals surface area contributed by atoms with Gasteiger partial charge in [0.15, 0.2) is 5.03 Å². The van der Waals surface area contributed by atoms with Crippen LogP contribution in [0.3, 0.4) is 0 Å². The average Bonchev–Trinajstić information content (AvgIpc) is 2.46. The van der Waals surface area contributed by atoms with Crippen molar-refractivity contribution in [3.63, 3.8) is 0 Å². The fourth-order valence-corrected chi connectivity index (χ4v) is 2.92. The minimum atomic E-state index is -3.67.